The van der Waals surface area contributed by atoms with Crippen LogP contribution in [0.4, 0.5) is 19.3 Å². The molecule has 0 aromatic heterocycles. The van der Waals surface area contributed by atoms with E-state index in [0.717, 1.165) is 12.1 Å². The highest BCUT2D eigenvalue weighted by molar-refractivity contribution is 5.89. The van der Waals surface area contributed by atoms with Crippen LogP contribution >= 0.6 is 0 Å². The lowest BCUT2D eigenvalue weighted by atomic mass is 9.91. The Balaban J connectivity index is 2.07. The average molecular weight is 311 g/mol. The van der Waals surface area contributed by atoms with Gasteiger partial charge in [-0.1, -0.05) is 13.8 Å². The summed E-state index contributed by atoms with van der Waals surface area (Å²) in [6, 6.07) is 3.06. The molecule has 1 aromatic carbocycles. The molecule has 2 rings (SSSR count). The predicted octanol–water partition coefficient (Wildman–Crippen LogP) is 3.01. The van der Waals surface area contributed by atoms with Crippen LogP contribution in [0.1, 0.15) is 13.8 Å². The standard InChI is InChI=1S/C16H23F2N3O/c1-10(2)12-8-21(9-15(12)20(3)4)16(22)19-14-6-5-11(17)7-13(14)18/h5-7,10,12,15H,8-9H2,1-4H3,(H,19,22)/t12-,15+/m1/s1. The summed E-state index contributed by atoms with van der Waals surface area (Å²) in [5.41, 5.74) is 0.000741. The molecule has 2 atom stereocenters. The van der Waals surface area contributed by atoms with Gasteiger partial charge in [-0.2, -0.15) is 0 Å². The third-order valence-corrected chi connectivity index (χ3v) is 4.31. The number of nitrogens with one attached hydrogen (secondary N) is 1. The van der Waals surface area contributed by atoms with Crippen LogP contribution in [0.25, 0.3) is 0 Å². The van der Waals surface area contributed by atoms with E-state index in [1.807, 2.05) is 14.1 Å². The van der Waals surface area contributed by atoms with Gasteiger partial charge in [0.05, 0.1) is 5.69 Å². The van der Waals surface area contributed by atoms with E-state index in [-0.39, 0.29) is 17.8 Å². The topological polar surface area (TPSA) is 35.6 Å². The molecule has 1 heterocycles. The van der Waals surface area contributed by atoms with Crippen LogP contribution < -0.4 is 5.32 Å². The third kappa shape index (κ3) is 3.55. The van der Waals surface area contributed by atoms with Gasteiger partial charge >= 0.3 is 6.03 Å². The lowest BCUT2D eigenvalue weighted by molar-refractivity contribution is 0.212. The van der Waals surface area contributed by atoms with Crippen LogP contribution in [0, 0.1) is 23.5 Å². The number of nitrogens with zero attached hydrogens (tertiary/aromatic N) is 2. The summed E-state index contributed by atoms with van der Waals surface area (Å²) in [5, 5.41) is 2.53. The number of likely N-dealkylation sites (tertiary alicyclic amines) is 1. The number of hydrogen-bond donors (Lipinski definition) is 1. The molecule has 1 aliphatic heterocycles. The minimum atomic E-state index is -0.767. The molecule has 0 saturated carbocycles. The van der Waals surface area contributed by atoms with Crippen LogP contribution in [0.15, 0.2) is 18.2 Å². The molecule has 1 aromatic rings. The average Bonchev–Trinajstić information content (AvgIpc) is 2.87. The number of carbonyl (C=O) groups excluding carboxylic acids is 1. The van der Waals surface area contributed by atoms with Crippen molar-refractivity contribution >= 4 is 11.7 Å². The SMILES string of the molecule is CC(C)[C@H]1CN(C(=O)Nc2ccc(F)cc2F)C[C@@H]1N(C)C. The number of halogens is 2. The smallest absolute Gasteiger partial charge is 0.321 e. The summed E-state index contributed by atoms with van der Waals surface area (Å²) in [5.74, 6) is -0.604. The van der Waals surface area contributed by atoms with Gasteiger partial charge in [-0.25, -0.2) is 13.6 Å². The quantitative estimate of drug-likeness (QED) is 0.931. The molecular weight excluding hydrogens is 288 g/mol. The Morgan fingerprint density at radius 3 is 2.50 bits per heavy atom. The van der Waals surface area contributed by atoms with Crippen molar-refractivity contribution < 1.29 is 13.6 Å². The summed E-state index contributed by atoms with van der Waals surface area (Å²) in [7, 11) is 4.00. The first-order chi connectivity index (χ1) is 10.3. The Kier molecular flexibility index (Phi) is 5.01. The van der Waals surface area contributed by atoms with Crippen LogP contribution in [-0.2, 0) is 0 Å². The zero-order valence-electron chi connectivity index (χ0n) is 13.4. The lowest BCUT2D eigenvalue weighted by Gasteiger charge is -2.27. The molecule has 122 valence electrons. The lowest BCUT2D eigenvalue weighted by Crippen LogP contribution is -2.38. The molecule has 1 saturated heterocycles. The third-order valence-electron chi connectivity index (χ3n) is 4.31. The number of likely N-dealkylation sites (N-methyl/N-ethyl adjacent to an activating group) is 1. The highest BCUT2D eigenvalue weighted by atomic mass is 19.1. The van der Waals surface area contributed by atoms with Gasteiger partial charge in [0.25, 0.3) is 0 Å². The summed E-state index contributed by atoms with van der Waals surface area (Å²) >= 11 is 0. The molecule has 1 aliphatic rings. The van der Waals surface area contributed by atoms with Gasteiger partial charge in [0.15, 0.2) is 0 Å². The maximum absolute atomic E-state index is 13.6. The van der Waals surface area contributed by atoms with Crippen molar-refractivity contribution in [3.05, 3.63) is 29.8 Å². The van der Waals surface area contributed by atoms with Crippen molar-refractivity contribution in [3.8, 4) is 0 Å². The Morgan fingerprint density at radius 2 is 2.00 bits per heavy atom. The van der Waals surface area contributed by atoms with E-state index < -0.39 is 11.6 Å². The molecule has 0 unspecified atom stereocenters. The minimum Gasteiger partial charge on any atom is -0.323 e. The second kappa shape index (κ2) is 6.60. The molecule has 2 amide bonds. The van der Waals surface area contributed by atoms with E-state index in [1.54, 1.807) is 4.90 Å². The zero-order chi connectivity index (χ0) is 16.4. The molecule has 0 aliphatic carbocycles. The van der Waals surface area contributed by atoms with E-state index in [9.17, 15) is 13.6 Å². The molecule has 1 N–H and O–H groups in total. The number of amides is 2. The second-order valence-electron chi connectivity index (χ2n) is 6.40. The molecule has 0 radical (unpaired) electrons. The Labute approximate surface area is 130 Å². The van der Waals surface area contributed by atoms with Crippen LogP contribution in [0.5, 0.6) is 0 Å². The van der Waals surface area contributed by atoms with E-state index in [1.165, 1.54) is 6.07 Å². The van der Waals surface area contributed by atoms with E-state index in [0.29, 0.717) is 24.9 Å². The number of hydrogen-bond acceptors (Lipinski definition) is 2. The van der Waals surface area contributed by atoms with E-state index in [4.69, 9.17) is 0 Å². The van der Waals surface area contributed by atoms with Crippen molar-refractivity contribution in [3.63, 3.8) is 0 Å². The van der Waals surface area contributed by atoms with Gasteiger partial charge in [-0.05, 0) is 38.1 Å². The van der Waals surface area contributed by atoms with Crippen molar-refractivity contribution in [1.82, 2.24) is 9.80 Å². The number of rotatable bonds is 3. The summed E-state index contributed by atoms with van der Waals surface area (Å²) in [6.45, 7) is 5.52. The molecule has 0 spiro atoms. The monoisotopic (exact) mass is 311 g/mol. The van der Waals surface area contributed by atoms with Crippen LogP contribution in [0.2, 0.25) is 0 Å². The maximum atomic E-state index is 13.6. The largest absolute Gasteiger partial charge is 0.323 e. The number of benzene rings is 1. The van der Waals surface area contributed by atoms with E-state index >= 15 is 0 Å². The minimum absolute atomic E-state index is 0.000741. The van der Waals surface area contributed by atoms with Crippen LogP contribution in [0.3, 0.4) is 0 Å². The normalized spacial score (nSPS) is 21.7. The van der Waals surface area contributed by atoms with Gasteiger partial charge in [0.2, 0.25) is 0 Å². The summed E-state index contributed by atoms with van der Waals surface area (Å²) < 4.78 is 26.5. The fourth-order valence-electron chi connectivity index (χ4n) is 2.96. The first kappa shape index (κ1) is 16.7. The molecular formula is C16H23F2N3O. The molecule has 1 fully saturated rings. The molecule has 22 heavy (non-hydrogen) atoms. The van der Waals surface area contributed by atoms with Gasteiger partial charge in [-0.15, -0.1) is 0 Å². The van der Waals surface area contributed by atoms with Crippen molar-refractivity contribution in [1.29, 1.82) is 0 Å². The fraction of sp³-hybridized carbons (Fsp3) is 0.562. The van der Waals surface area contributed by atoms with Crippen molar-refractivity contribution in [2.24, 2.45) is 11.8 Å². The maximum Gasteiger partial charge on any atom is 0.321 e. The highest BCUT2D eigenvalue weighted by Crippen LogP contribution is 2.28. The van der Waals surface area contributed by atoms with Gasteiger partial charge in [0, 0.05) is 25.2 Å². The molecule has 6 heteroatoms. The summed E-state index contributed by atoms with van der Waals surface area (Å²) in [4.78, 5) is 16.1. The van der Waals surface area contributed by atoms with Gasteiger partial charge in [0.1, 0.15) is 11.6 Å². The van der Waals surface area contributed by atoms with E-state index in [2.05, 4.69) is 24.1 Å². The van der Waals surface area contributed by atoms with Gasteiger partial charge in [-0.3, -0.25) is 0 Å². The number of urea groups is 1. The van der Waals surface area contributed by atoms with Crippen molar-refractivity contribution in [2.45, 2.75) is 19.9 Å². The molecule has 4 nitrogen and oxygen atoms in total. The second-order valence-corrected chi connectivity index (χ2v) is 6.40. The van der Waals surface area contributed by atoms with Gasteiger partial charge < -0.3 is 15.1 Å². The predicted molar refractivity (Wildman–Crippen MR) is 82.8 cm³/mol. The Hall–Kier alpha value is -1.69. The summed E-state index contributed by atoms with van der Waals surface area (Å²) in [6.07, 6.45) is 0. The Bertz CT molecular complexity index is 532. The Morgan fingerprint density at radius 1 is 1.32 bits per heavy atom. The van der Waals surface area contributed by atoms with Crippen LogP contribution in [-0.4, -0.2) is 49.1 Å². The number of anilines is 1. The van der Waals surface area contributed by atoms with Crippen molar-refractivity contribution in [2.75, 3.05) is 32.5 Å². The first-order valence-corrected chi connectivity index (χ1v) is 7.47. The zero-order valence-corrected chi connectivity index (χ0v) is 13.4. The highest BCUT2D eigenvalue weighted by Gasteiger charge is 2.38. The fourth-order valence-corrected chi connectivity index (χ4v) is 2.96. The molecule has 0 bridgehead atoms. The number of carbonyl (C=O) groups is 1. The first-order valence-electron chi connectivity index (χ1n) is 7.47.